The average Bonchev–Trinajstić information content (AvgIpc) is 2.59. The van der Waals surface area contributed by atoms with E-state index in [0.29, 0.717) is 11.5 Å². The van der Waals surface area contributed by atoms with E-state index in [9.17, 15) is 14.0 Å². The number of hydrogen-bond donors (Lipinski definition) is 2. The molecule has 0 aliphatic carbocycles. The minimum atomic E-state index is -0.533. The first-order chi connectivity index (χ1) is 12.0. The van der Waals surface area contributed by atoms with Crippen LogP contribution < -0.4 is 20.3 Å². The third kappa shape index (κ3) is 5.80. The lowest BCUT2D eigenvalue weighted by Crippen LogP contribution is -2.44. The lowest BCUT2D eigenvalue weighted by atomic mass is 10.1. The number of halogens is 1. The van der Waals surface area contributed by atoms with Gasteiger partial charge in [-0.2, -0.15) is 0 Å². The molecule has 0 fully saturated rings. The highest BCUT2D eigenvalue weighted by Gasteiger charge is 2.10. The fourth-order valence-corrected chi connectivity index (χ4v) is 2.12. The van der Waals surface area contributed by atoms with Gasteiger partial charge in [-0.05, 0) is 37.3 Å². The van der Waals surface area contributed by atoms with Crippen molar-refractivity contribution < 1.29 is 23.5 Å². The molecule has 0 aliphatic rings. The monoisotopic (exact) mass is 346 g/mol. The minimum absolute atomic E-state index is 0.0595. The second kappa shape index (κ2) is 8.68. The summed E-state index contributed by atoms with van der Waals surface area (Å²) in [5.41, 5.74) is 6.29. The third-order valence-corrected chi connectivity index (χ3v) is 3.31. The Morgan fingerprint density at radius 1 is 1.04 bits per heavy atom. The van der Waals surface area contributed by atoms with Gasteiger partial charge in [-0.25, -0.2) is 4.39 Å². The van der Waals surface area contributed by atoms with Gasteiger partial charge in [-0.1, -0.05) is 17.7 Å². The molecular formula is C18H19FN2O4. The van der Waals surface area contributed by atoms with Crippen LogP contribution in [0.1, 0.15) is 11.1 Å². The number of amides is 2. The van der Waals surface area contributed by atoms with Gasteiger partial charge in [0.25, 0.3) is 5.91 Å². The number of aryl methyl sites for hydroxylation is 1. The SMILES string of the molecule is COc1ccc(C)cc1CC(=O)NNC(=O)COc1ccc(F)cc1. The number of hydrazine groups is 1. The quantitative estimate of drug-likeness (QED) is 0.784. The first-order valence-electron chi connectivity index (χ1n) is 7.57. The van der Waals surface area contributed by atoms with Gasteiger partial charge in [0.1, 0.15) is 17.3 Å². The predicted molar refractivity (Wildman–Crippen MR) is 89.6 cm³/mol. The summed E-state index contributed by atoms with van der Waals surface area (Å²) < 4.78 is 23.1. The van der Waals surface area contributed by atoms with Crippen LogP contribution in [0.15, 0.2) is 42.5 Å². The first-order valence-corrected chi connectivity index (χ1v) is 7.57. The van der Waals surface area contributed by atoms with Crippen LogP contribution in [-0.4, -0.2) is 25.5 Å². The van der Waals surface area contributed by atoms with Crippen molar-refractivity contribution in [3.8, 4) is 11.5 Å². The van der Waals surface area contributed by atoms with Crippen molar-refractivity contribution >= 4 is 11.8 Å². The largest absolute Gasteiger partial charge is 0.496 e. The number of methoxy groups -OCH3 is 1. The fourth-order valence-electron chi connectivity index (χ4n) is 2.12. The molecule has 0 bridgehead atoms. The van der Waals surface area contributed by atoms with Crippen LogP contribution in [-0.2, 0) is 16.0 Å². The van der Waals surface area contributed by atoms with Gasteiger partial charge in [0.05, 0.1) is 13.5 Å². The Morgan fingerprint density at radius 2 is 1.72 bits per heavy atom. The van der Waals surface area contributed by atoms with E-state index in [4.69, 9.17) is 9.47 Å². The van der Waals surface area contributed by atoms with E-state index in [1.165, 1.54) is 31.4 Å². The molecule has 0 saturated heterocycles. The van der Waals surface area contributed by atoms with Gasteiger partial charge in [-0.3, -0.25) is 20.4 Å². The summed E-state index contributed by atoms with van der Waals surface area (Å²) in [7, 11) is 1.53. The molecule has 132 valence electrons. The highest BCUT2D eigenvalue weighted by molar-refractivity contribution is 5.84. The Hall–Kier alpha value is -3.09. The molecule has 0 spiro atoms. The summed E-state index contributed by atoms with van der Waals surface area (Å²) in [4.78, 5) is 23.6. The average molecular weight is 346 g/mol. The number of carbonyl (C=O) groups excluding carboxylic acids is 2. The van der Waals surface area contributed by atoms with Crippen molar-refractivity contribution in [2.24, 2.45) is 0 Å². The van der Waals surface area contributed by atoms with Crippen LogP contribution in [0.5, 0.6) is 11.5 Å². The Labute approximate surface area is 144 Å². The number of rotatable bonds is 6. The van der Waals surface area contributed by atoms with E-state index < -0.39 is 11.7 Å². The molecular weight excluding hydrogens is 327 g/mol. The third-order valence-electron chi connectivity index (χ3n) is 3.31. The Bertz CT molecular complexity index is 747. The molecule has 0 unspecified atom stereocenters. The van der Waals surface area contributed by atoms with Crippen LogP contribution in [0.25, 0.3) is 0 Å². The Kier molecular flexibility index (Phi) is 6.33. The topological polar surface area (TPSA) is 76.7 Å². The van der Waals surface area contributed by atoms with Gasteiger partial charge in [-0.15, -0.1) is 0 Å². The maximum absolute atomic E-state index is 12.8. The molecule has 0 heterocycles. The number of carbonyl (C=O) groups is 2. The summed E-state index contributed by atoms with van der Waals surface area (Å²) in [5, 5.41) is 0. The van der Waals surface area contributed by atoms with Crippen LogP contribution in [0.2, 0.25) is 0 Å². The molecule has 2 amide bonds. The summed E-state index contributed by atoms with van der Waals surface area (Å²) in [6, 6.07) is 10.8. The lowest BCUT2D eigenvalue weighted by molar-refractivity contribution is -0.129. The molecule has 0 aromatic heterocycles. The van der Waals surface area contributed by atoms with Crippen molar-refractivity contribution in [1.29, 1.82) is 0 Å². The van der Waals surface area contributed by atoms with Crippen LogP contribution in [0, 0.1) is 12.7 Å². The van der Waals surface area contributed by atoms with E-state index in [-0.39, 0.29) is 18.9 Å². The molecule has 2 aromatic rings. The number of hydrogen-bond acceptors (Lipinski definition) is 4. The zero-order chi connectivity index (χ0) is 18.2. The van der Waals surface area contributed by atoms with E-state index >= 15 is 0 Å². The number of nitrogens with one attached hydrogen (secondary N) is 2. The lowest BCUT2D eigenvalue weighted by Gasteiger charge is -2.11. The summed E-state index contributed by atoms with van der Waals surface area (Å²) in [6.07, 6.45) is 0.0595. The molecule has 0 radical (unpaired) electrons. The van der Waals surface area contributed by atoms with Crippen molar-refractivity contribution in [2.75, 3.05) is 13.7 Å². The minimum Gasteiger partial charge on any atom is -0.496 e. The van der Waals surface area contributed by atoms with Crippen LogP contribution >= 0.6 is 0 Å². The maximum Gasteiger partial charge on any atom is 0.276 e. The van der Waals surface area contributed by atoms with Crippen LogP contribution in [0.3, 0.4) is 0 Å². The molecule has 2 N–H and O–H groups in total. The van der Waals surface area contributed by atoms with E-state index in [1.54, 1.807) is 6.07 Å². The number of benzene rings is 2. The Balaban J connectivity index is 1.78. The molecule has 6 nitrogen and oxygen atoms in total. The van der Waals surface area contributed by atoms with Gasteiger partial charge >= 0.3 is 0 Å². The first kappa shape index (κ1) is 18.3. The standard InChI is InChI=1S/C18H19FN2O4/c1-12-3-8-16(24-2)13(9-12)10-17(22)20-21-18(23)11-25-15-6-4-14(19)5-7-15/h3-9H,10-11H2,1-2H3,(H,20,22)(H,21,23). The molecule has 25 heavy (non-hydrogen) atoms. The van der Waals surface area contributed by atoms with Crippen molar-refractivity contribution in [2.45, 2.75) is 13.3 Å². The van der Waals surface area contributed by atoms with E-state index in [2.05, 4.69) is 10.9 Å². The maximum atomic E-state index is 12.8. The van der Waals surface area contributed by atoms with Crippen molar-refractivity contribution in [3.05, 3.63) is 59.4 Å². The molecule has 2 rings (SSSR count). The fraction of sp³-hybridized carbons (Fsp3) is 0.222. The molecule has 7 heteroatoms. The molecule has 0 aliphatic heterocycles. The van der Waals surface area contributed by atoms with Crippen molar-refractivity contribution in [3.63, 3.8) is 0 Å². The second-order valence-electron chi connectivity index (χ2n) is 5.33. The molecule has 0 atom stereocenters. The molecule has 0 saturated carbocycles. The Morgan fingerprint density at radius 3 is 2.40 bits per heavy atom. The summed E-state index contributed by atoms with van der Waals surface area (Å²) in [5.74, 6) is -0.359. The zero-order valence-electron chi connectivity index (χ0n) is 14.0. The van der Waals surface area contributed by atoms with Gasteiger partial charge < -0.3 is 9.47 Å². The van der Waals surface area contributed by atoms with Gasteiger partial charge in [0, 0.05) is 5.56 Å². The van der Waals surface area contributed by atoms with Gasteiger partial charge in [0.15, 0.2) is 6.61 Å². The smallest absolute Gasteiger partial charge is 0.276 e. The molecule has 2 aromatic carbocycles. The van der Waals surface area contributed by atoms with Gasteiger partial charge in [0.2, 0.25) is 5.91 Å². The van der Waals surface area contributed by atoms with E-state index in [1.807, 2.05) is 19.1 Å². The van der Waals surface area contributed by atoms with E-state index in [0.717, 1.165) is 11.1 Å². The summed E-state index contributed by atoms with van der Waals surface area (Å²) in [6.45, 7) is 1.61. The van der Waals surface area contributed by atoms with Crippen molar-refractivity contribution in [1.82, 2.24) is 10.9 Å². The normalized spacial score (nSPS) is 10.0. The zero-order valence-corrected chi connectivity index (χ0v) is 14.0. The second-order valence-corrected chi connectivity index (χ2v) is 5.33. The summed E-state index contributed by atoms with van der Waals surface area (Å²) >= 11 is 0. The predicted octanol–water partition coefficient (Wildman–Crippen LogP) is 1.91. The number of ether oxygens (including phenoxy) is 2. The highest BCUT2D eigenvalue weighted by atomic mass is 19.1. The highest BCUT2D eigenvalue weighted by Crippen LogP contribution is 2.19. The van der Waals surface area contributed by atoms with Crippen LogP contribution in [0.4, 0.5) is 4.39 Å².